The van der Waals surface area contributed by atoms with Gasteiger partial charge in [-0.3, -0.25) is 0 Å². The van der Waals surface area contributed by atoms with Gasteiger partial charge >= 0.3 is 0 Å². The Morgan fingerprint density at radius 2 is 0.853 bits per heavy atom. The molecule has 0 saturated heterocycles. The first kappa shape index (κ1) is 23.9. The van der Waals surface area contributed by atoms with Gasteiger partial charge in [-0.05, 0) is 64.8 Å². The van der Waals surface area contributed by atoms with Crippen LogP contribution < -0.4 is 21.3 Å². The summed E-state index contributed by atoms with van der Waals surface area (Å²) >= 11 is 0. The smallest absolute Gasteiger partial charge is 0.242 e. The van der Waals surface area contributed by atoms with E-state index in [0.717, 1.165) is 0 Å². The molecule has 4 aromatic carbocycles. The van der Waals surface area contributed by atoms with Gasteiger partial charge in [-0.1, -0.05) is 110 Å². The third-order valence-electron chi connectivity index (χ3n) is 7.01. The first-order chi connectivity index (χ1) is 16.2. The van der Waals surface area contributed by atoms with E-state index < -0.39 is 0 Å². The highest BCUT2D eigenvalue weighted by molar-refractivity contribution is 6.96. The van der Waals surface area contributed by atoms with Crippen LogP contribution in [0, 0.1) is 41.5 Å². The second-order valence-corrected chi connectivity index (χ2v) is 10.1. The molecule has 0 spiro atoms. The normalized spacial score (nSPS) is 10.9. The summed E-state index contributed by atoms with van der Waals surface area (Å²) in [7, 11) is 4.15. The van der Waals surface area contributed by atoms with E-state index in [-0.39, 0.29) is 6.71 Å². The summed E-state index contributed by atoms with van der Waals surface area (Å²) in [5.74, 6) is 0. The summed E-state index contributed by atoms with van der Waals surface area (Å²) in [6, 6.07) is 27.3. The van der Waals surface area contributed by atoms with E-state index >= 15 is 0 Å². The fourth-order valence-corrected chi connectivity index (χ4v) is 5.59. The molecular weight excluding hydrogens is 409 g/mol. The van der Waals surface area contributed by atoms with Crippen LogP contribution in [0.4, 0.5) is 5.69 Å². The molecule has 0 amide bonds. The second-order valence-electron chi connectivity index (χ2n) is 10.1. The lowest BCUT2D eigenvalue weighted by Crippen LogP contribution is -2.55. The van der Waals surface area contributed by atoms with Crippen LogP contribution in [0.1, 0.15) is 33.4 Å². The van der Waals surface area contributed by atoms with Crippen LogP contribution in [0.2, 0.25) is 0 Å². The predicted octanol–water partition coefficient (Wildman–Crippen LogP) is 5.79. The van der Waals surface area contributed by atoms with Crippen molar-refractivity contribution in [1.29, 1.82) is 0 Å². The van der Waals surface area contributed by atoms with Crippen molar-refractivity contribution in [2.45, 2.75) is 41.5 Å². The van der Waals surface area contributed by atoms with Crippen molar-refractivity contribution in [1.82, 2.24) is 0 Å². The average Bonchev–Trinajstić information content (AvgIpc) is 2.77. The Kier molecular flexibility index (Phi) is 6.71. The molecule has 0 atom stereocenters. The molecule has 0 unspecified atom stereocenters. The Morgan fingerprint density at radius 3 is 1.21 bits per heavy atom. The Balaban J connectivity index is 1.85. The number of benzene rings is 4. The van der Waals surface area contributed by atoms with Crippen LogP contribution in [0.3, 0.4) is 0 Å². The molecule has 0 aliphatic rings. The van der Waals surface area contributed by atoms with E-state index in [1.165, 1.54) is 66.6 Å². The fraction of sp³-hybridized carbons (Fsp3) is 0.250. The maximum Gasteiger partial charge on any atom is 0.242 e. The van der Waals surface area contributed by atoms with E-state index in [1.54, 1.807) is 0 Å². The summed E-state index contributed by atoms with van der Waals surface area (Å²) < 4.78 is 0. The maximum absolute atomic E-state index is 2.33. The minimum absolute atomic E-state index is 0.214. The Hall–Kier alpha value is -3.26. The van der Waals surface area contributed by atoms with Crippen LogP contribution in [0.5, 0.6) is 0 Å². The second kappa shape index (κ2) is 9.54. The van der Waals surface area contributed by atoms with Gasteiger partial charge in [0.2, 0.25) is 6.71 Å². The van der Waals surface area contributed by atoms with Crippen molar-refractivity contribution in [3.05, 3.63) is 106 Å². The highest BCUT2D eigenvalue weighted by atomic mass is 15.1. The lowest BCUT2D eigenvalue weighted by atomic mass is 9.34. The number of anilines is 1. The topological polar surface area (TPSA) is 3.24 Å². The minimum Gasteiger partial charge on any atom is -0.378 e. The average molecular weight is 445 g/mol. The zero-order valence-electron chi connectivity index (χ0n) is 22.0. The molecule has 0 bridgehead atoms. The monoisotopic (exact) mass is 445 g/mol. The van der Waals surface area contributed by atoms with E-state index in [4.69, 9.17) is 0 Å². The van der Waals surface area contributed by atoms with Crippen LogP contribution in [0.25, 0.3) is 11.1 Å². The van der Waals surface area contributed by atoms with Crippen molar-refractivity contribution >= 4 is 28.8 Å². The van der Waals surface area contributed by atoms with Gasteiger partial charge < -0.3 is 4.90 Å². The first-order valence-corrected chi connectivity index (χ1v) is 12.2. The third-order valence-corrected chi connectivity index (χ3v) is 7.01. The molecule has 0 aliphatic carbocycles. The molecule has 34 heavy (non-hydrogen) atoms. The highest BCUT2D eigenvalue weighted by Gasteiger charge is 2.28. The van der Waals surface area contributed by atoms with Gasteiger partial charge in [-0.2, -0.15) is 0 Å². The zero-order valence-corrected chi connectivity index (χ0v) is 22.0. The summed E-state index contributed by atoms with van der Waals surface area (Å²) in [5, 5.41) is 0. The number of nitrogens with zero attached hydrogens (tertiary/aromatic N) is 1. The van der Waals surface area contributed by atoms with Gasteiger partial charge in [-0.15, -0.1) is 0 Å². The number of aryl methyl sites for hydroxylation is 6. The molecule has 1 nitrogen and oxygen atoms in total. The minimum atomic E-state index is 0.214. The van der Waals surface area contributed by atoms with Gasteiger partial charge in [0, 0.05) is 19.8 Å². The molecule has 0 aromatic heterocycles. The molecule has 0 aliphatic heterocycles. The first-order valence-electron chi connectivity index (χ1n) is 12.2. The van der Waals surface area contributed by atoms with Crippen molar-refractivity contribution in [3.8, 4) is 11.1 Å². The molecule has 0 fully saturated rings. The number of hydrogen-bond donors (Lipinski definition) is 0. The number of rotatable bonds is 5. The molecule has 172 valence electrons. The predicted molar refractivity (Wildman–Crippen MR) is 152 cm³/mol. The quantitative estimate of drug-likeness (QED) is 0.352. The maximum atomic E-state index is 2.33. The molecule has 4 aromatic rings. The van der Waals surface area contributed by atoms with Gasteiger partial charge in [0.15, 0.2) is 0 Å². The van der Waals surface area contributed by atoms with Gasteiger partial charge in [0.05, 0.1) is 0 Å². The lowest BCUT2D eigenvalue weighted by Gasteiger charge is -2.24. The van der Waals surface area contributed by atoms with Crippen LogP contribution in [0.15, 0.2) is 72.8 Å². The lowest BCUT2D eigenvalue weighted by molar-refractivity contribution is 1.13. The Bertz CT molecular complexity index is 1210. The molecule has 0 N–H and O–H groups in total. The largest absolute Gasteiger partial charge is 0.378 e. The van der Waals surface area contributed by atoms with E-state index in [9.17, 15) is 0 Å². The third kappa shape index (κ3) is 4.68. The van der Waals surface area contributed by atoms with Crippen molar-refractivity contribution in [2.24, 2.45) is 0 Å². The summed E-state index contributed by atoms with van der Waals surface area (Å²) in [5.41, 5.74) is 16.0. The van der Waals surface area contributed by atoms with E-state index in [0.29, 0.717) is 0 Å². The van der Waals surface area contributed by atoms with Gasteiger partial charge in [-0.25, -0.2) is 0 Å². The van der Waals surface area contributed by atoms with Crippen molar-refractivity contribution in [3.63, 3.8) is 0 Å². The van der Waals surface area contributed by atoms with Crippen LogP contribution >= 0.6 is 0 Å². The molecule has 0 saturated carbocycles. The Labute approximate surface area is 206 Å². The van der Waals surface area contributed by atoms with Crippen molar-refractivity contribution in [2.75, 3.05) is 19.0 Å². The van der Waals surface area contributed by atoms with Gasteiger partial charge in [0.1, 0.15) is 0 Å². The van der Waals surface area contributed by atoms with Crippen LogP contribution in [-0.2, 0) is 0 Å². The zero-order chi connectivity index (χ0) is 24.6. The van der Waals surface area contributed by atoms with Gasteiger partial charge in [0.25, 0.3) is 0 Å². The van der Waals surface area contributed by atoms with E-state index in [2.05, 4.69) is 133 Å². The van der Waals surface area contributed by atoms with E-state index in [1.807, 2.05) is 0 Å². The number of hydrogen-bond acceptors (Lipinski definition) is 1. The summed E-state index contributed by atoms with van der Waals surface area (Å²) in [6.07, 6.45) is 0. The molecule has 2 heteroatoms. The SMILES string of the molecule is Cc1cc(C)c(B(c2ccc(-c3ccc(N(C)C)cc3)cc2)c2c(C)cc(C)cc2C)c(C)c1. The highest BCUT2D eigenvalue weighted by Crippen LogP contribution is 2.22. The molecule has 0 heterocycles. The van der Waals surface area contributed by atoms with Crippen LogP contribution in [-0.4, -0.2) is 20.8 Å². The fourth-order valence-electron chi connectivity index (χ4n) is 5.59. The standard InChI is InChI=1S/C32H36BN/c1-21-17-23(3)31(24(4)18-21)33(32-25(5)19-22(2)20-26(32)6)29-13-9-27(10-14-29)28-11-15-30(16-12-28)34(7)8/h9-20H,1-8H3. The van der Waals surface area contributed by atoms with Crippen molar-refractivity contribution < 1.29 is 0 Å². The molecule has 0 radical (unpaired) electrons. The summed E-state index contributed by atoms with van der Waals surface area (Å²) in [4.78, 5) is 2.13. The summed E-state index contributed by atoms with van der Waals surface area (Å²) in [6.45, 7) is 13.7. The molecule has 4 rings (SSSR count). The molecular formula is C32H36BN. The Morgan fingerprint density at radius 1 is 0.500 bits per heavy atom.